The van der Waals surface area contributed by atoms with Crippen LogP contribution in [-0.4, -0.2) is 20.8 Å². The summed E-state index contributed by atoms with van der Waals surface area (Å²) in [6, 6.07) is 4.11. The van der Waals surface area contributed by atoms with Gasteiger partial charge in [-0.25, -0.2) is 0 Å². The van der Waals surface area contributed by atoms with Gasteiger partial charge in [-0.2, -0.15) is 0 Å². The molecule has 0 atom stereocenters. The molecule has 1 aromatic carbocycles. The van der Waals surface area contributed by atoms with Crippen molar-refractivity contribution in [3.63, 3.8) is 0 Å². The number of ether oxygens (including phenoxy) is 2. The highest BCUT2D eigenvalue weighted by Gasteiger charge is 2.46. The molecule has 0 spiro atoms. The van der Waals surface area contributed by atoms with Gasteiger partial charge < -0.3 is 15.2 Å². The summed E-state index contributed by atoms with van der Waals surface area (Å²) in [5, 5.41) is 0. The summed E-state index contributed by atoms with van der Waals surface area (Å²) in [6.07, 6.45) is 3.30. The summed E-state index contributed by atoms with van der Waals surface area (Å²) in [6.45, 7) is 2.85. The van der Waals surface area contributed by atoms with Gasteiger partial charge in [0.25, 0.3) is 0 Å². The molecule has 1 fully saturated rings. The Hall–Kier alpha value is -1.22. The highest BCUT2D eigenvalue weighted by atomic mass is 16.5. The number of hydrogen-bond acceptors (Lipinski definition) is 3. The van der Waals surface area contributed by atoms with E-state index in [1.807, 2.05) is 6.07 Å². The third-order valence-corrected chi connectivity index (χ3v) is 3.79. The number of benzene rings is 1. The second kappa shape index (κ2) is 4.57. The predicted octanol–water partition coefficient (Wildman–Crippen LogP) is 2.26. The van der Waals surface area contributed by atoms with Crippen LogP contribution in [0.5, 0.6) is 11.5 Å². The van der Waals surface area contributed by atoms with Crippen LogP contribution in [0.4, 0.5) is 0 Å². The molecular formula is C14H21NO2. The van der Waals surface area contributed by atoms with Crippen molar-refractivity contribution in [2.75, 3.05) is 20.8 Å². The molecule has 1 aromatic rings. The Labute approximate surface area is 103 Å². The number of nitrogens with two attached hydrogens (primary N) is 1. The fourth-order valence-electron chi connectivity index (χ4n) is 2.55. The second-order valence-electron chi connectivity index (χ2n) is 4.67. The molecule has 1 saturated carbocycles. The fraction of sp³-hybridized carbons (Fsp3) is 0.571. The maximum absolute atomic E-state index is 5.94. The van der Waals surface area contributed by atoms with Gasteiger partial charge in [-0.05, 0) is 30.9 Å². The van der Waals surface area contributed by atoms with Crippen molar-refractivity contribution in [1.82, 2.24) is 0 Å². The lowest BCUT2D eigenvalue weighted by atomic mass is 9.89. The van der Waals surface area contributed by atoms with Crippen molar-refractivity contribution in [1.29, 1.82) is 0 Å². The van der Waals surface area contributed by atoms with Crippen LogP contribution in [0.15, 0.2) is 12.1 Å². The molecule has 0 radical (unpaired) electrons. The van der Waals surface area contributed by atoms with E-state index in [2.05, 4.69) is 13.0 Å². The zero-order chi connectivity index (χ0) is 12.5. The van der Waals surface area contributed by atoms with Crippen molar-refractivity contribution in [2.24, 2.45) is 5.73 Å². The SMILES string of the molecule is CCc1ccc(OC)c(OC)c1C1(CN)CC1. The summed E-state index contributed by atoms with van der Waals surface area (Å²) in [7, 11) is 3.38. The average Bonchev–Trinajstić information content (AvgIpc) is 3.17. The van der Waals surface area contributed by atoms with Crippen LogP contribution in [0.3, 0.4) is 0 Å². The van der Waals surface area contributed by atoms with Crippen molar-refractivity contribution in [2.45, 2.75) is 31.6 Å². The zero-order valence-corrected chi connectivity index (χ0v) is 10.9. The minimum absolute atomic E-state index is 0.130. The molecular weight excluding hydrogens is 214 g/mol. The van der Waals surface area contributed by atoms with Gasteiger partial charge in [0, 0.05) is 17.5 Å². The van der Waals surface area contributed by atoms with Crippen LogP contribution in [-0.2, 0) is 11.8 Å². The van der Waals surface area contributed by atoms with E-state index < -0.39 is 0 Å². The van der Waals surface area contributed by atoms with Crippen LogP contribution < -0.4 is 15.2 Å². The fourth-order valence-corrected chi connectivity index (χ4v) is 2.55. The summed E-state index contributed by atoms with van der Waals surface area (Å²) >= 11 is 0. The number of aryl methyl sites for hydroxylation is 1. The number of hydrogen-bond donors (Lipinski definition) is 1. The van der Waals surface area contributed by atoms with Crippen LogP contribution >= 0.6 is 0 Å². The standard InChI is InChI=1S/C14H21NO2/c1-4-10-5-6-11(16-2)13(17-3)12(10)14(9-15)7-8-14/h5-6H,4,7-9,15H2,1-3H3. The largest absolute Gasteiger partial charge is 0.493 e. The van der Waals surface area contributed by atoms with E-state index in [1.54, 1.807) is 14.2 Å². The molecule has 0 aromatic heterocycles. The molecule has 1 aliphatic rings. The highest BCUT2D eigenvalue weighted by molar-refractivity contribution is 5.56. The highest BCUT2D eigenvalue weighted by Crippen LogP contribution is 2.54. The van der Waals surface area contributed by atoms with Gasteiger partial charge in [-0.3, -0.25) is 0 Å². The molecule has 94 valence electrons. The Balaban J connectivity index is 2.59. The molecule has 0 heterocycles. The molecule has 1 aliphatic carbocycles. The Bertz CT molecular complexity index is 411. The third kappa shape index (κ3) is 1.89. The van der Waals surface area contributed by atoms with Crippen molar-refractivity contribution >= 4 is 0 Å². The average molecular weight is 235 g/mol. The van der Waals surface area contributed by atoms with Crippen LogP contribution in [0.2, 0.25) is 0 Å². The third-order valence-electron chi connectivity index (χ3n) is 3.79. The Morgan fingerprint density at radius 2 is 1.94 bits per heavy atom. The van der Waals surface area contributed by atoms with Crippen molar-refractivity contribution < 1.29 is 9.47 Å². The van der Waals surface area contributed by atoms with E-state index in [9.17, 15) is 0 Å². The summed E-state index contributed by atoms with van der Waals surface area (Å²) in [5.41, 5.74) is 8.67. The van der Waals surface area contributed by atoms with Gasteiger partial charge in [0.15, 0.2) is 11.5 Å². The summed E-state index contributed by atoms with van der Waals surface area (Å²) in [5.74, 6) is 1.68. The lowest BCUT2D eigenvalue weighted by Crippen LogP contribution is -2.22. The maximum Gasteiger partial charge on any atom is 0.164 e. The molecule has 2 rings (SSSR count). The summed E-state index contributed by atoms with van der Waals surface area (Å²) < 4.78 is 10.9. The van der Waals surface area contributed by atoms with Crippen LogP contribution in [0.25, 0.3) is 0 Å². The van der Waals surface area contributed by atoms with E-state index in [1.165, 1.54) is 11.1 Å². The molecule has 0 saturated heterocycles. The predicted molar refractivity (Wildman–Crippen MR) is 68.9 cm³/mol. The molecule has 0 bridgehead atoms. The quantitative estimate of drug-likeness (QED) is 0.851. The van der Waals surface area contributed by atoms with E-state index in [0.717, 1.165) is 30.8 Å². The van der Waals surface area contributed by atoms with Gasteiger partial charge >= 0.3 is 0 Å². The molecule has 17 heavy (non-hydrogen) atoms. The zero-order valence-electron chi connectivity index (χ0n) is 10.9. The Morgan fingerprint density at radius 1 is 1.24 bits per heavy atom. The van der Waals surface area contributed by atoms with Crippen molar-refractivity contribution in [3.05, 3.63) is 23.3 Å². The first-order valence-electron chi connectivity index (χ1n) is 6.16. The molecule has 2 N–H and O–H groups in total. The van der Waals surface area contributed by atoms with Gasteiger partial charge in [0.1, 0.15) is 0 Å². The van der Waals surface area contributed by atoms with E-state index in [0.29, 0.717) is 6.54 Å². The first-order chi connectivity index (χ1) is 8.22. The van der Waals surface area contributed by atoms with Gasteiger partial charge in [0.2, 0.25) is 0 Å². The van der Waals surface area contributed by atoms with Crippen LogP contribution in [0.1, 0.15) is 30.9 Å². The minimum Gasteiger partial charge on any atom is -0.493 e. The van der Waals surface area contributed by atoms with Crippen molar-refractivity contribution in [3.8, 4) is 11.5 Å². The number of methoxy groups -OCH3 is 2. The molecule has 3 heteroatoms. The number of rotatable bonds is 5. The molecule has 0 aliphatic heterocycles. The van der Waals surface area contributed by atoms with E-state index in [-0.39, 0.29) is 5.41 Å². The Kier molecular flexibility index (Phi) is 3.29. The van der Waals surface area contributed by atoms with E-state index >= 15 is 0 Å². The first kappa shape index (κ1) is 12.2. The minimum atomic E-state index is 0.130. The first-order valence-corrected chi connectivity index (χ1v) is 6.16. The normalized spacial score (nSPS) is 16.7. The second-order valence-corrected chi connectivity index (χ2v) is 4.67. The molecule has 0 amide bonds. The molecule has 0 unspecified atom stereocenters. The summed E-state index contributed by atoms with van der Waals surface area (Å²) in [4.78, 5) is 0. The van der Waals surface area contributed by atoms with Gasteiger partial charge in [-0.1, -0.05) is 13.0 Å². The lowest BCUT2D eigenvalue weighted by Gasteiger charge is -2.22. The monoisotopic (exact) mass is 235 g/mol. The lowest BCUT2D eigenvalue weighted by molar-refractivity contribution is 0.348. The van der Waals surface area contributed by atoms with Gasteiger partial charge in [-0.15, -0.1) is 0 Å². The smallest absolute Gasteiger partial charge is 0.164 e. The molecule has 3 nitrogen and oxygen atoms in total. The van der Waals surface area contributed by atoms with E-state index in [4.69, 9.17) is 15.2 Å². The Morgan fingerprint density at radius 3 is 2.35 bits per heavy atom. The van der Waals surface area contributed by atoms with Gasteiger partial charge in [0.05, 0.1) is 14.2 Å². The topological polar surface area (TPSA) is 44.5 Å². The maximum atomic E-state index is 5.94. The van der Waals surface area contributed by atoms with Crippen LogP contribution in [0, 0.1) is 0 Å².